The van der Waals surface area contributed by atoms with Crippen molar-refractivity contribution in [3.05, 3.63) is 41.0 Å². The molecule has 0 radical (unpaired) electrons. The number of benzene rings is 1. The first kappa shape index (κ1) is 14.3. The second-order valence-electron chi connectivity index (χ2n) is 4.84. The fourth-order valence-corrected chi connectivity index (χ4v) is 1.78. The number of rotatable bonds is 2. The molecule has 1 aromatic heterocycles. The van der Waals surface area contributed by atoms with Crippen molar-refractivity contribution in [3.8, 4) is 11.3 Å². The van der Waals surface area contributed by atoms with Crippen LogP contribution < -0.4 is 5.73 Å². The van der Waals surface area contributed by atoms with Crippen LogP contribution in [0.3, 0.4) is 0 Å². The van der Waals surface area contributed by atoms with E-state index in [9.17, 15) is 13.2 Å². The van der Waals surface area contributed by atoms with Gasteiger partial charge in [0.05, 0.1) is 5.69 Å². The first-order valence-corrected chi connectivity index (χ1v) is 6.10. The summed E-state index contributed by atoms with van der Waals surface area (Å²) in [7, 11) is 0. The highest BCUT2D eigenvalue weighted by molar-refractivity contribution is 5.68. The van der Waals surface area contributed by atoms with Crippen molar-refractivity contribution in [1.82, 2.24) is 9.97 Å². The van der Waals surface area contributed by atoms with Gasteiger partial charge >= 0.3 is 0 Å². The van der Waals surface area contributed by atoms with Gasteiger partial charge < -0.3 is 5.73 Å². The monoisotopic (exact) mass is 281 g/mol. The molecule has 0 aliphatic carbocycles. The Morgan fingerprint density at radius 1 is 1.00 bits per heavy atom. The molecule has 0 aliphatic heterocycles. The van der Waals surface area contributed by atoms with Gasteiger partial charge in [0.25, 0.3) is 0 Å². The minimum atomic E-state index is -1.24. The van der Waals surface area contributed by atoms with Gasteiger partial charge in [-0.2, -0.15) is 0 Å². The molecular weight excluding hydrogens is 267 g/mol. The lowest BCUT2D eigenvalue weighted by Gasteiger charge is -2.12. The molecule has 0 spiro atoms. The van der Waals surface area contributed by atoms with Crippen LogP contribution in [0.4, 0.5) is 19.0 Å². The largest absolute Gasteiger partial charge is 0.383 e. The van der Waals surface area contributed by atoms with Gasteiger partial charge in [-0.1, -0.05) is 13.8 Å². The minimum Gasteiger partial charge on any atom is -0.383 e. The molecule has 6 heteroatoms. The zero-order valence-electron chi connectivity index (χ0n) is 11.3. The number of hydrogen-bond acceptors (Lipinski definition) is 3. The third kappa shape index (κ3) is 2.45. The Balaban J connectivity index is 2.72. The van der Waals surface area contributed by atoms with E-state index in [0.29, 0.717) is 17.5 Å². The molecule has 106 valence electrons. The van der Waals surface area contributed by atoms with Gasteiger partial charge in [0.2, 0.25) is 0 Å². The van der Waals surface area contributed by atoms with Crippen LogP contribution in [0.15, 0.2) is 12.1 Å². The molecule has 0 saturated carbocycles. The Bertz CT molecular complexity index is 669. The highest BCUT2D eigenvalue weighted by Crippen LogP contribution is 2.29. The van der Waals surface area contributed by atoms with Crippen molar-refractivity contribution in [3.63, 3.8) is 0 Å². The van der Waals surface area contributed by atoms with E-state index in [1.165, 1.54) is 0 Å². The lowest BCUT2D eigenvalue weighted by molar-refractivity contribution is 0.496. The van der Waals surface area contributed by atoms with Crippen LogP contribution >= 0.6 is 0 Å². The highest BCUT2D eigenvalue weighted by Gasteiger charge is 2.18. The number of nitrogens with zero attached hydrogens (tertiary/aromatic N) is 2. The summed E-state index contributed by atoms with van der Waals surface area (Å²) in [5.41, 5.74) is 6.25. The molecule has 20 heavy (non-hydrogen) atoms. The van der Waals surface area contributed by atoms with Crippen molar-refractivity contribution in [1.29, 1.82) is 0 Å². The number of hydrogen-bond donors (Lipinski definition) is 1. The van der Waals surface area contributed by atoms with Gasteiger partial charge in [0.1, 0.15) is 17.5 Å². The van der Waals surface area contributed by atoms with Gasteiger partial charge in [-0.3, -0.25) is 0 Å². The zero-order chi connectivity index (χ0) is 15.0. The summed E-state index contributed by atoms with van der Waals surface area (Å²) < 4.78 is 40.2. The van der Waals surface area contributed by atoms with Crippen LogP contribution in [0.2, 0.25) is 0 Å². The quantitative estimate of drug-likeness (QED) is 0.856. The lowest BCUT2D eigenvalue weighted by Crippen LogP contribution is -2.07. The summed E-state index contributed by atoms with van der Waals surface area (Å²) in [4.78, 5) is 8.32. The molecule has 0 atom stereocenters. The van der Waals surface area contributed by atoms with E-state index in [4.69, 9.17) is 5.73 Å². The number of halogens is 3. The molecule has 1 aromatic carbocycles. The summed E-state index contributed by atoms with van der Waals surface area (Å²) in [5.74, 6) is -2.67. The first-order chi connectivity index (χ1) is 9.31. The Morgan fingerprint density at radius 3 is 2.20 bits per heavy atom. The molecule has 2 N–H and O–H groups in total. The van der Waals surface area contributed by atoms with Crippen LogP contribution in [0.1, 0.15) is 31.2 Å². The van der Waals surface area contributed by atoms with Crippen molar-refractivity contribution >= 4 is 5.82 Å². The molecular formula is C14H14F3N3. The van der Waals surface area contributed by atoms with Gasteiger partial charge in [0, 0.05) is 23.1 Å². The van der Waals surface area contributed by atoms with Crippen molar-refractivity contribution in [2.24, 2.45) is 0 Å². The Hall–Kier alpha value is -2.11. The van der Waals surface area contributed by atoms with Gasteiger partial charge in [-0.15, -0.1) is 0 Å². The fraction of sp³-hybridized carbons (Fsp3) is 0.286. The summed E-state index contributed by atoms with van der Waals surface area (Å²) >= 11 is 0. The molecule has 0 saturated heterocycles. The van der Waals surface area contributed by atoms with Gasteiger partial charge in [0.15, 0.2) is 11.6 Å². The maximum Gasteiger partial charge on any atom is 0.161 e. The van der Waals surface area contributed by atoms with E-state index in [0.717, 1.165) is 6.07 Å². The SMILES string of the molecule is Cc1c(N)nc(C(C)C)nc1-c1cc(F)c(F)cc1F. The first-order valence-electron chi connectivity index (χ1n) is 6.10. The third-order valence-electron chi connectivity index (χ3n) is 2.98. The predicted molar refractivity (Wildman–Crippen MR) is 70.6 cm³/mol. The minimum absolute atomic E-state index is 0.0231. The standard InChI is InChI=1S/C14H14F3N3/c1-6(2)14-19-12(7(3)13(18)20-14)8-4-10(16)11(17)5-9(8)15/h4-6H,1-3H3,(H2,18,19,20). The van der Waals surface area contributed by atoms with Crippen molar-refractivity contribution < 1.29 is 13.2 Å². The van der Waals surface area contributed by atoms with Crippen molar-refractivity contribution in [2.75, 3.05) is 5.73 Å². The number of nitrogens with two attached hydrogens (primary N) is 1. The number of anilines is 1. The Kier molecular flexibility index (Phi) is 3.65. The molecule has 0 unspecified atom stereocenters. The van der Waals surface area contributed by atoms with E-state index in [1.807, 2.05) is 13.8 Å². The second-order valence-corrected chi connectivity index (χ2v) is 4.84. The zero-order valence-corrected chi connectivity index (χ0v) is 11.3. The topological polar surface area (TPSA) is 51.8 Å². The molecule has 0 bridgehead atoms. The van der Waals surface area contributed by atoms with E-state index < -0.39 is 17.5 Å². The van der Waals surface area contributed by atoms with E-state index in [1.54, 1.807) is 6.92 Å². The average molecular weight is 281 g/mol. The van der Waals surface area contributed by atoms with Crippen LogP contribution in [0, 0.1) is 24.4 Å². The predicted octanol–water partition coefficient (Wildman–Crippen LogP) is 3.57. The maximum atomic E-state index is 13.9. The molecule has 1 heterocycles. The second kappa shape index (κ2) is 5.11. The van der Waals surface area contributed by atoms with Crippen molar-refractivity contribution in [2.45, 2.75) is 26.7 Å². The fourth-order valence-electron chi connectivity index (χ4n) is 1.78. The molecule has 0 fully saturated rings. The molecule has 0 amide bonds. The third-order valence-corrected chi connectivity index (χ3v) is 2.98. The average Bonchev–Trinajstić information content (AvgIpc) is 2.37. The molecule has 2 rings (SSSR count). The number of aromatic nitrogens is 2. The highest BCUT2D eigenvalue weighted by atomic mass is 19.2. The smallest absolute Gasteiger partial charge is 0.161 e. The normalized spacial score (nSPS) is 11.2. The van der Waals surface area contributed by atoms with Gasteiger partial charge in [-0.25, -0.2) is 23.1 Å². The van der Waals surface area contributed by atoms with E-state index in [-0.39, 0.29) is 23.0 Å². The molecule has 3 nitrogen and oxygen atoms in total. The maximum absolute atomic E-state index is 13.9. The Labute approximate surface area is 114 Å². The number of nitrogen functional groups attached to an aromatic ring is 1. The van der Waals surface area contributed by atoms with Crippen LogP contribution in [-0.2, 0) is 0 Å². The van der Waals surface area contributed by atoms with E-state index in [2.05, 4.69) is 9.97 Å². The summed E-state index contributed by atoms with van der Waals surface area (Å²) in [6, 6.07) is 1.28. The van der Waals surface area contributed by atoms with Crippen LogP contribution in [0.25, 0.3) is 11.3 Å². The summed E-state index contributed by atoms with van der Waals surface area (Å²) in [6.07, 6.45) is 0. The Morgan fingerprint density at radius 2 is 1.60 bits per heavy atom. The van der Waals surface area contributed by atoms with Crippen LogP contribution in [0.5, 0.6) is 0 Å². The lowest BCUT2D eigenvalue weighted by atomic mass is 10.1. The molecule has 2 aromatic rings. The van der Waals surface area contributed by atoms with Gasteiger partial charge in [-0.05, 0) is 13.0 Å². The molecule has 0 aliphatic rings. The van der Waals surface area contributed by atoms with E-state index >= 15 is 0 Å². The summed E-state index contributed by atoms with van der Waals surface area (Å²) in [5, 5.41) is 0. The summed E-state index contributed by atoms with van der Waals surface area (Å²) in [6.45, 7) is 5.32. The van der Waals surface area contributed by atoms with Crippen LogP contribution in [-0.4, -0.2) is 9.97 Å².